The molecule has 0 saturated carbocycles. The molecule has 5 rings (SSSR count). The number of nitrogens with one attached hydrogen (secondary N) is 1. The first kappa shape index (κ1) is 20.2. The molecule has 160 valence electrons. The zero-order valence-corrected chi connectivity index (χ0v) is 18.4. The highest BCUT2D eigenvalue weighted by molar-refractivity contribution is 6.30. The van der Waals surface area contributed by atoms with E-state index in [4.69, 9.17) is 11.6 Å². The summed E-state index contributed by atoms with van der Waals surface area (Å²) in [4.78, 5) is 18.2. The molecule has 0 unspecified atom stereocenters. The Kier molecular flexibility index (Phi) is 4.71. The van der Waals surface area contributed by atoms with Crippen LogP contribution in [-0.4, -0.2) is 26.4 Å². The van der Waals surface area contributed by atoms with Crippen LogP contribution >= 0.6 is 11.6 Å². The third-order valence-electron chi connectivity index (χ3n) is 5.58. The van der Waals surface area contributed by atoms with Gasteiger partial charge < -0.3 is 5.32 Å². The fraction of sp³-hybridized carbons (Fsp3) is 0.125. The molecule has 0 aliphatic carbocycles. The van der Waals surface area contributed by atoms with Crippen LogP contribution in [0.2, 0.25) is 5.15 Å². The number of para-hydroxylation sites is 1. The van der Waals surface area contributed by atoms with E-state index < -0.39 is 5.82 Å². The van der Waals surface area contributed by atoms with Crippen LogP contribution in [0.1, 0.15) is 5.56 Å². The summed E-state index contributed by atoms with van der Waals surface area (Å²) >= 11 is 6.03. The molecule has 3 heterocycles. The van der Waals surface area contributed by atoms with Gasteiger partial charge in [0.15, 0.2) is 16.6 Å². The second kappa shape index (κ2) is 7.46. The van der Waals surface area contributed by atoms with E-state index in [0.29, 0.717) is 27.9 Å². The summed E-state index contributed by atoms with van der Waals surface area (Å²) < 4.78 is 17.7. The Balaban J connectivity index is 1.97. The van der Waals surface area contributed by atoms with Crippen LogP contribution < -0.4 is 10.9 Å². The number of pyridine rings is 2. The van der Waals surface area contributed by atoms with E-state index in [9.17, 15) is 9.18 Å². The van der Waals surface area contributed by atoms with Gasteiger partial charge in [0, 0.05) is 31.1 Å². The minimum Gasteiger partial charge on any atom is -0.387 e. The van der Waals surface area contributed by atoms with E-state index in [1.807, 2.05) is 62.6 Å². The summed E-state index contributed by atoms with van der Waals surface area (Å²) in [6.07, 6.45) is 1.89. The molecule has 0 saturated heterocycles. The minimum absolute atomic E-state index is 0.283. The van der Waals surface area contributed by atoms with Crippen LogP contribution in [0.3, 0.4) is 0 Å². The summed E-state index contributed by atoms with van der Waals surface area (Å²) in [5, 5.41) is 8.56. The maximum Gasteiger partial charge on any atom is 0.266 e. The molecule has 0 amide bonds. The molecule has 0 bridgehead atoms. The van der Waals surface area contributed by atoms with Crippen molar-refractivity contribution in [3.05, 3.63) is 81.6 Å². The van der Waals surface area contributed by atoms with Gasteiger partial charge in [-0.25, -0.2) is 9.37 Å². The van der Waals surface area contributed by atoms with Crippen LogP contribution in [0.4, 0.5) is 10.1 Å². The van der Waals surface area contributed by atoms with Gasteiger partial charge in [-0.2, -0.15) is 5.10 Å². The Morgan fingerprint density at radius 1 is 1.12 bits per heavy atom. The molecule has 0 radical (unpaired) electrons. The Morgan fingerprint density at radius 2 is 1.91 bits per heavy atom. The van der Waals surface area contributed by atoms with Crippen molar-refractivity contribution in [2.24, 2.45) is 7.05 Å². The van der Waals surface area contributed by atoms with Gasteiger partial charge in [-0.1, -0.05) is 35.9 Å². The third-order valence-corrected chi connectivity index (χ3v) is 5.84. The van der Waals surface area contributed by atoms with Crippen molar-refractivity contribution in [1.29, 1.82) is 0 Å². The summed E-state index contributed by atoms with van der Waals surface area (Å²) in [7, 11) is 3.54. The summed E-state index contributed by atoms with van der Waals surface area (Å²) in [6, 6.07) is 14.4. The van der Waals surface area contributed by atoms with Crippen molar-refractivity contribution in [1.82, 2.24) is 19.3 Å². The lowest BCUT2D eigenvalue weighted by atomic mass is 10.0. The van der Waals surface area contributed by atoms with Crippen molar-refractivity contribution in [2.75, 3.05) is 12.4 Å². The molecule has 0 aliphatic heterocycles. The second-order valence-electron chi connectivity index (χ2n) is 7.64. The van der Waals surface area contributed by atoms with Gasteiger partial charge in [-0.15, -0.1) is 0 Å². The number of hydrogen-bond donors (Lipinski definition) is 1. The van der Waals surface area contributed by atoms with E-state index in [-0.39, 0.29) is 16.4 Å². The summed E-state index contributed by atoms with van der Waals surface area (Å²) in [5.41, 5.74) is 3.95. The molecule has 5 aromatic rings. The number of aryl methyl sites for hydroxylation is 2. The number of fused-ring (bicyclic) bond motifs is 2. The van der Waals surface area contributed by atoms with Crippen molar-refractivity contribution in [3.63, 3.8) is 0 Å². The van der Waals surface area contributed by atoms with E-state index in [1.54, 1.807) is 11.7 Å². The molecule has 0 fully saturated rings. The fourth-order valence-electron chi connectivity index (χ4n) is 4.13. The van der Waals surface area contributed by atoms with Gasteiger partial charge in [-0.3, -0.25) is 14.0 Å². The Morgan fingerprint density at radius 3 is 2.66 bits per heavy atom. The Bertz CT molecular complexity index is 1590. The first-order valence-corrected chi connectivity index (χ1v) is 10.4. The van der Waals surface area contributed by atoms with Gasteiger partial charge >= 0.3 is 0 Å². The highest BCUT2D eigenvalue weighted by atomic mass is 35.5. The lowest BCUT2D eigenvalue weighted by Crippen LogP contribution is -2.24. The van der Waals surface area contributed by atoms with E-state index >= 15 is 0 Å². The van der Waals surface area contributed by atoms with E-state index in [2.05, 4.69) is 15.4 Å². The third kappa shape index (κ3) is 3.05. The molecule has 1 N–H and O–H groups in total. The molecule has 0 atom stereocenters. The van der Waals surface area contributed by atoms with Crippen LogP contribution in [0.25, 0.3) is 38.8 Å². The number of nitrogens with zero attached hydrogens (tertiary/aromatic N) is 4. The van der Waals surface area contributed by atoms with Crippen LogP contribution in [0.5, 0.6) is 0 Å². The first-order valence-electron chi connectivity index (χ1n) is 10.0. The van der Waals surface area contributed by atoms with Crippen molar-refractivity contribution >= 4 is 39.2 Å². The lowest BCUT2D eigenvalue weighted by Gasteiger charge is -2.19. The van der Waals surface area contributed by atoms with Crippen molar-refractivity contribution in [2.45, 2.75) is 6.92 Å². The number of halogens is 2. The summed E-state index contributed by atoms with van der Waals surface area (Å²) in [6.45, 7) is 1.91. The van der Waals surface area contributed by atoms with Crippen molar-refractivity contribution < 1.29 is 4.39 Å². The largest absolute Gasteiger partial charge is 0.387 e. The molecular weight excluding hydrogens is 429 g/mol. The average Bonchev–Trinajstić information content (AvgIpc) is 3.14. The van der Waals surface area contributed by atoms with Crippen LogP contribution in [-0.2, 0) is 7.05 Å². The summed E-state index contributed by atoms with van der Waals surface area (Å²) in [5.74, 6) is -0.653. The molecule has 8 heteroatoms. The average molecular weight is 448 g/mol. The van der Waals surface area contributed by atoms with E-state index in [0.717, 1.165) is 16.5 Å². The standard InChI is InChI=1S/C24H19ClFN5O/c1-13-6-4-5-7-19(13)31-23-16(11-17(26)22(25)28-23)21(27-2)20(24(31)32)14-8-9-18-15(10-14)12-30(3)29-18/h4-12,27H,1-3H3. The van der Waals surface area contributed by atoms with Gasteiger partial charge in [0.2, 0.25) is 0 Å². The van der Waals surface area contributed by atoms with Gasteiger partial charge in [0.05, 0.1) is 22.5 Å². The smallest absolute Gasteiger partial charge is 0.266 e. The number of benzene rings is 2. The quantitative estimate of drug-likeness (QED) is 0.392. The van der Waals surface area contributed by atoms with Crippen LogP contribution in [0, 0.1) is 12.7 Å². The highest BCUT2D eigenvalue weighted by Crippen LogP contribution is 2.35. The monoisotopic (exact) mass is 447 g/mol. The predicted octanol–water partition coefficient (Wildman–Crippen LogP) is 5.08. The number of hydrogen-bond acceptors (Lipinski definition) is 4. The maximum absolute atomic E-state index is 14.5. The second-order valence-corrected chi connectivity index (χ2v) is 7.99. The molecule has 3 aromatic heterocycles. The van der Waals surface area contributed by atoms with E-state index in [1.165, 1.54) is 10.6 Å². The lowest BCUT2D eigenvalue weighted by molar-refractivity contribution is 0.624. The minimum atomic E-state index is -0.653. The zero-order valence-electron chi connectivity index (χ0n) is 17.6. The molecule has 6 nitrogen and oxygen atoms in total. The number of anilines is 1. The molecule has 32 heavy (non-hydrogen) atoms. The molecule has 0 spiro atoms. The van der Waals surface area contributed by atoms with Gasteiger partial charge in [-0.05, 0) is 42.3 Å². The number of rotatable bonds is 3. The van der Waals surface area contributed by atoms with Crippen LogP contribution in [0.15, 0.2) is 59.5 Å². The van der Waals surface area contributed by atoms with Crippen molar-refractivity contribution in [3.8, 4) is 16.8 Å². The molecule has 2 aromatic carbocycles. The molecule has 0 aliphatic rings. The topological polar surface area (TPSA) is 64.7 Å². The Hall–Kier alpha value is -3.71. The Labute approximate surface area is 187 Å². The normalized spacial score (nSPS) is 11.4. The van der Waals surface area contributed by atoms with Gasteiger partial charge in [0.1, 0.15) is 0 Å². The highest BCUT2D eigenvalue weighted by Gasteiger charge is 2.22. The zero-order chi connectivity index (χ0) is 22.6. The SMILES string of the molecule is CNc1c(-c2ccc3nn(C)cc3c2)c(=O)n(-c2ccccc2C)c2nc(Cl)c(F)cc12. The maximum atomic E-state index is 14.5. The first-order chi connectivity index (χ1) is 15.4. The molecular formula is C24H19ClFN5O. The fourth-order valence-corrected chi connectivity index (χ4v) is 4.27. The number of aromatic nitrogens is 4. The predicted molar refractivity (Wildman–Crippen MR) is 126 cm³/mol. The van der Waals surface area contributed by atoms with Gasteiger partial charge in [0.25, 0.3) is 5.56 Å².